The maximum absolute atomic E-state index is 12.2. The number of halogens is 1. The summed E-state index contributed by atoms with van der Waals surface area (Å²) in [6.45, 7) is 1.16. The molecule has 1 unspecified atom stereocenters. The van der Waals surface area contributed by atoms with E-state index in [9.17, 15) is 19.5 Å². The zero-order valence-corrected chi connectivity index (χ0v) is 17.5. The molecule has 8 heteroatoms. The fourth-order valence-corrected chi connectivity index (χ4v) is 3.39. The normalized spacial score (nSPS) is 11.7. The van der Waals surface area contributed by atoms with Gasteiger partial charge in [0.15, 0.2) is 0 Å². The Kier molecular flexibility index (Phi) is 7.23. The molecule has 0 aliphatic carbocycles. The molecule has 3 aromatic carbocycles. The SMILES string of the molecule is CC(NC(=O)COCC(=O)Nc1ccc(Cl)cc1C(=O)O)c1cccc2ccccc12. The van der Waals surface area contributed by atoms with Gasteiger partial charge in [-0.2, -0.15) is 0 Å². The minimum Gasteiger partial charge on any atom is -0.478 e. The van der Waals surface area contributed by atoms with Crippen LogP contribution in [0.2, 0.25) is 5.02 Å². The Morgan fingerprint density at radius 3 is 2.48 bits per heavy atom. The first kappa shape index (κ1) is 22.3. The van der Waals surface area contributed by atoms with Crippen molar-refractivity contribution in [1.29, 1.82) is 0 Å². The molecule has 0 bridgehead atoms. The highest BCUT2D eigenvalue weighted by Gasteiger charge is 2.15. The number of anilines is 1. The molecule has 0 aliphatic heterocycles. The van der Waals surface area contributed by atoms with E-state index in [0.717, 1.165) is 16.3 Å². The van der Waals surface area contributed by atoms with Crippen molar-refractivity contribution >= 4 is 45.8 Å². The molecule has 0 radical (unpaired) electrons. The second-order valence-corrected chi connectivity index (χ2v) is 7.33. The highest BCUT2D eigenvalue weighted by atomic mass is 35.5. The number of ether oxygens (including phenoxy) is 1. The second kappa shape index (κ2) is 10.1. The molecule has 3 aromatic rings. The minimum absolute atomic E-state index is 0.0968. The zero-order valence-electron chi connectivity index (χ0n) is 16.7. The Morgan fingerprint density at radius 1 is 1.00 bits per heavy atom. The standard InChI is InChI=1S/C23H21ClN2O5/c1-14(17-8-4-6-15-5-2-3-7-18(15)17)25-21(27)12-31-13-22(28)26-20-10-9-16(24)11-19(20)23(29)30/h2-11,14H,12-13H2,1H3,(H,25,27)(H,26,28)(H,29,30). The number of aromatic carboxylic acids is 1. The Bertz CT molecular complexity index is 1130. The van der Waals surface area contributed by atoms with Crippen LogP contribution in [-0.4, -0.2) is 36.1 Å². The zero-order chi connectivity index (χ0) is 22.4. The number of hydrogen-bond donors (Lipinski definition) is 3. The van der Waals surface area contributed by atoms with Crippen molar-refractivity contribution in [3.63, 3.8) is 0 Å². The number of carboxylic acid groups (broad SMARTS) is 1. The van der Waals surface area contributed by atoms with E-state index >= 15 is 0 Å². The van der Waals surface area contributed by atoms with Gasteiger partial charge in [0.2, 0.25) is 11.8 Å². The van der Waals surface area contributed by atoms with Crippen molar-refractivity contribution in [2.45, 2.75) is 13.0 Å². The molecule has 0 saturated heterocycles. The third kappa shape index (κ3) is 5.81. The molecule has 3 rings (SSSR count). The van der Waals surface area contributed by atoms with E-state index in [1.807, 2.05) is 49.4 Å². The van der Waals surface area contributed by atoms with E-state index in [4.69, 9.17) is 16.3 Å². The summed E-state index contributed by atoms with van der Waals surface area (Å²) in [5, 5.41) is 16.9. The van der Waals surface area contributed by atoms with Crippen LogP contribution in [0.3, 0.4) is 0 Å². The molecule has 0 saturated carbocycles. The van der Waals surface area contributed by atoms with Crippen molar-refractivity contribution in [1.82, 2.24) is 5.32 Å². The van der Waals surface area contributed by atoms with Gasteiger partial charge in [-0.15, -0.1) is 0 Å². The summed E-state index contributed by atoms with van der Waals surface area (Å²) in [4.78, 5) is 35.5. The first-order valence-electron chi connectivity index (χ1n) is 9.52. The van der Waals surface area contributed by atoms with Gasteiger partial charge >= 0.3 is 5.97 Å². The molecule has 31 heavy (non-hydrogen) atoms. The van der Waals surface area contributed by atoms with Crippen LogP contribution in [0, 0.1) is 0 Å². The molecular formula is C23H21ClN2O5. The molecule has 7 nitrogen and oxygen atoms in total. The third-order valence-corrected chi connectivity index (χ3v) is 4.85. The topological polar surface area (TPSA) is 105 Å². The number of carbonyl (C=O) groups excluding carboxylic acids is 2. The summed E-state index contributed by atoms with van der Waals surface area (Å²) in [5.74, 6) is -2.17. The summed E-state index contributed by atoms with van der Waals surface area (Å²) >= 11 is 5.79. The maximum Gasteiger partial charge on any atom is 0.337 e. The van der Waals surface area contributed by atoms with Crippen molar-refractivity contribution in [2.24, 2.45) is 0 Å². The van der Waals surface area contributed by atoms with Gasteiger partial charge in [0.1, 0.15) is 13.2 Å². The number of carbonyl (C=O) groups is 3. The summed E-state index contributed by atoms with van der Waals surface area (Å²) in [5.41, 5.74) is 0.940. The van der Waals surface area contributed by atoms with Gasteiger partial charge in [-0.1, -0.05) is 54.1 Å². The lowest BCUT2D eigenvalue weighted by molar-refractivity contribution is -0.129. The van der Waals surface area contributed by atoms with Crippen molar-refractivity contribution in [2.75, 3.05) is 18.5 Å². The minimum atomic E-state index is -1.22. The Balaban J connectivity index is 1.51. The Morgan fingerprint density at radius 2 is 1.71 bits per heavy atom. The van der Waals surface area contributed by atoms with Crippen LogP contribution in [0.25, 0.3) is 10.8 Å². The number of rotatable bonds is 8. The summed E-state index contributed by atoms with van der Waals surface area (Å²) < 4.78 is 5.18. The Hall–Kier alpha value is -3.42. The van der Waals surface area contributed by atoms with E-state index in [-0.39, 0.29) is 34.8 Å². The van der Waals surface area contributed by atoms with E-state index in [1.165, 1.54) is 18.2 Å². The van der Waals surface area contributed by atoms with Crippen LogP contribution < -0.4 is 10.6 Å². The quantitative estimate of drug-likeness (QED) is 0.490. The first-order valence-corrected chi connectivity index (χ1v) is 9.90. The van der Waals surface area contributed by atoms with Crippen LogP contribution in [0.5, 0.6) is 0 Å². The van der Waals surface area contributed by atoms with Crippen molar-refractivity contribution in [3.8, 4) is 0 Å². The summed E-state index contributed by atoms with van der Waals surface area (Å²) in [6, 6.07) is 17.6. The molecule has 0 aromatic heterocycles. The predicted octanol–water partition coefficient (Wildman–Crippen LogP) is 4.02. The van der Waals surface area contributed by atoms with E-state index in [1.54, 1.807) is 0 Å². The van der Waals surface area contributed by atoms with Crippen LogP contribution in [-0.2, 0) is 14.3 Å². The first-order chi connectivity index (χ1) is 14.8. The average molecular weight is 441 g/mol. The van der Waals surface area contributed by atoms with Gasteiger partial charge in [0, 0.05) is 5.02 Å². The molecule has 2 amide bonds. The lowest BCUT2D eigenvalue weighted by Crippen LogP contribution is -2.31. The molecule has 0 fully saturated rings. The number of carboxylic acids is 1. The lowest BCUT2D eigenvalue weighted by Gasteiger charge is -2.16. The van der Waals surface area contributed by atoms with Gasteiger partial charge in [-0.05, 0) is 41.5 Å². The number of amides is 2. The van der Waals surface area contributed by atoms with E-state index in [0.29, 0.717) is 0 Å². The smallest absolute Gasteiger partial charge is 0.337 e. The molecule has 0 spiro atoms. The van der Waals surface area contributed by atoms with Gasteiger partial charge in [-0.25, -0.2) is 4.79 Å². The number of nitrogens with one attached hydrogen (secondary N) is 2. The van der Waals surface area contributed by atoms with Crippen LogP contribution in [0.4, 0.5) is 5.69 Å². The summed E-state index contributed by atoms with van der Waals surface area (Å²) in [6.07, 6.45) is 0. The number of hydrogen-bond acceptors (Lipinski definition) is 4. The van der Waals surface area contributed by atoms with Crippen LogP contribution in [0.1, 0.15) is 28.9 Å². The van der Waals surface area contributed by atoms with Gasteiger partial charge in [0.25, 0.3) is 0 Å². The number of benzene rings is 3. The van der Waals surface area contributed by atoms with Gasteiger partial charge in [-0.3, -0.25) is 9.59 Å². The van der Waals surface area contributed by atoms with Gasteiger partial charge in [0.05, 0.1) is 17.3 Å². The molecule has 160 valence electrons. The van der Waals surface area contributed by atoms with Crippen molar-refractivity contribution < 1.29 is 24.2 Å². The highest BCUT2D eigenvalue weighted by Crippen LogP contribution is 2.24. The number of fused-ring (bicyclic) bond motifs is 1. The Labute approximate surface area is 184 Å². The molecule has 0 heterocycles. The van der Waals surface area contributed by atoms with Crippen LogP contribution in [0.15, 0.2) is 60.7 Å². The highest BCUT2D eigenvalue weighted by molar-refractivity contribution is 6.31. The lowest BCUT2D eigenvalue weighted by atomic mass is 10.00. The monoisotopic (exact) mass is 440 g/mol. The van der Waals surface area contributed by atoms with Gasteiger partial charge < -0.3 is 20.5 Å². The third-order valence-electron chi connectivity index (χ3n) is 4.62. The fourth-order valence-electron chi connectivity index (χ4n) is 3.21. The molecule has 3 N–H and O–H groups in total. The molecule has 0 aliphatic rings. The maximum atomic E-state index is 12.2. The fraction of sp³-hybridized carbons (Fsp3) is 0.174. The van der Waals surface area contributed by atoms with Crippen LogP contribution >= 0.6 is 11.6 Å². The predicted molar refractivity (Wildman–Crippen MR) is 118 cm³/mol. The average Bonchev–Trinajstić information content (AvgIpc) is 2.74. The van der Waals surface area contributed by atoms with E-state index in [2.05, 4.69) is 10.6 Å². The largest absolute Gasteiger partial charge is 0.478 e. The summed E-state index contributed by atoms with van der Waals surface area (Å²) in [7, 11) is 0. The second-order valence-electron chi connectivity index (χ2n) is 6.89. The molecular weight excluding hydrogens is 420 g/mol. The molecule has 1 atom stereocenters. The van der Waals surface area contributed by atoms with E-state index < -0.39 is 18.5 Å². The van der Waals surface area contributed by atoms with Crippen molar-refractivity contribution in [3.05, 3.63) is 76.8 Å².